The lowest BCUT2D eigenvalue weighted by molar-refractivity contribution is -0.142. The van der Waals surface area contributed by atoms with Crippen molar-refractivity contribution in [1.82, 2.24) is 0 Å². The van der Waals surface area contributed by atoms with Gasteiger partial charge in [-0.3, -0.25) is 4.99 Å². The molecular formula is C13H15NO2. The predicted molar refractivity (Wildman–Crippen MR) is 63.0 cm³/mol. The quantitative estimate of drug-likeness (QED) is 0.826. The van der Waals surface area contributed by atoms with Gasteiger partial charge in [0.05, 0.1) is 0 Å². The summed E-state index contributed by atoms with van der Waals surface area (Å²) < 4.78 is 0. The zero-order chi connectivity index (χ0) is 11.8. The van der Waals surface area contributed by atoms with Crippen LogP contribution in [0.15, 0.2) is 29.3 Å². The lowest BCUT2D eigenvalue weighted by atomic mass is 9.85. The van der Waals surface area contributed by atoms with Crippen molar-refractivity contribution in [3.63, 3.8) is 0 Å². The number of rotatable bonds is 2. The first-order valence-electron chi connectivity index (χ1n) is 5.47. The van der Waals surface area contributed by atoms with Crippen LogP contribution in [0.2, 0.25) is 0 Å². The Balaban J connectivity index is 2.55. The molecule has 1 N–H and O–H groups in total. The highest BCUT2D eigenvalue weighted by Gasteiger charge is 2.37. The monoisotopic (exact) mass is 217 g/mol. The SMILES string of the molecule is CCC1=NC(C)(C(=O)O)Cc2ccccc21. The fraction of sp³-hybridized carbons (Fsp3) is 0.385. The van der Waals surface area contributed by atoms with Crippen LogP contribution in [-0.2, 0) is 11.2 Å². The number of carboxylic acids is 1. The lowest BCUT2D eigenvalue weighted by Crippen LogP contribution is -2.39. The second kappa shape index (κ2) is 3.74. The molecule has 1 aliphatic rings. The number of carboxylic acid groups (broad SMARTS) is 1. The molecule has 0 aliphatic carbocycles. The number of nitrogens with zero attached hydrogens (tertiary/aromatic N) is 1. The summed E-state index contributed by atoms with van der Waals surface area (Å²) in [4.78, 5) is 15.6. The van der Waals surface area contributed by atoms with E-state index >= 15 is 0 Å². The van der Waals surface area contributed by atoms with Crippen LogP contribution in [0.3, 0.4) is 0 Å². The molecule has 2 rings (SSSR count). The maximum atomic E-state index is 11.2. The summed E-state index contributed by atoms with van der Waals surface area (Å²) in [6.07, 6.45) is 1.24. The van der Waals surface area contributed by atoms with Crippen LogP contribution in [0, 0.1) is 0 Å². The van der Waals surface area contributed by atoms with Crippen LogP contribution in [0.5, 0.6) is 0 Å². The summed E-state index contributed by atoms with van der Waals surface area (Å²) in [5, 5.41) is 9.23. The summed E-state index contributed by atoms with van der Waals surface area (Å²) >= 11 is 0. The Bertz CT molecular complexity index is 465. The molecule has 0 saturated heterocycles. The van der Waals surface area contributed by atoms with E-state index in [1.165, 1.54) is 0 Å². The third kappa shape index (κ3) is 1.62. The van der Waals surface area contributed by atoms with E-state index in [1.807, 2.05) is 31.2 Å². The Labute approximate surface area is 94.8 Å². The Hall–Kier alpha value is -1.64. The Morgan fingerprint density at radius 2 is 2.19 bits per heavy atom. The number of fused-ring (bicyclic) bond motifs is 1. The van der Waals surface area contributed by atoms with Gasteiger partial charge >= 0.3 is 5.97 Å². The topological polar surface area (TPSA) is 49.7 Å². The number of carbonyl (C=O) groups is 1. The summed E-state index contributed by atoms with van der Waals surface area (Å²) in [5.74, 6) is -0.854. The highest BCUT2D eigenvalue weighted by Crippen LogP contribution is 2.28. The van der Waals surface area contributed by atoms with Crippen LogP contribution in [0.1, 0.15) is 31.4 Å². The summed E-state index contributed by atoms with van der Waals surface area (Å²) in [6, 6.07) is 7.91. The van der Waals surface area contributed by atoms with Crippen LogP contribution >= 0.6 is 0 Å². The van der Waals surface area contributed by atoms with E-state index in [2.05, 4.69) is 4.99 Å². The molecule has 0 saturated carbocycles. The Morgan fingerprint density at radius 1 is 1.50 bits per heavy atom. The molecule has 0 radical (unpaired) electrons. The molecule has 0 fully saturated rings. The van der Waals surface area contributed by atoms with E-state index < -0.39 is 11.5 Å². The molecule has 1 aromatic rings. The van der Waals surface area contributed by atoms with Gasteiger partial charge in [-0.05, 0) is 24.5 Å². The van der Waals surface area contributed by atoms with Gasteiger partial charge < -0.3 is 5.11 Å². The molecule has 1 heterocycles. The van der Waals surface area contributed by atoms with Gasteiger partial charge in [0, 0.05) is 12.1 Å². The van der Waals surface area contributed by atoms with Crippen molar-refractivity contribution in [2.45, 2.75) is 32.2 Å². The fourth-order valence-electron chi connectivity index (χ4n) is 2.12. The molecule has 0 aromatic heterocycles. The summed E-state index contributed by atoms with van der Waals surface area (Å²) in [6.45, 7) is 3.68. The fourth-order valence-corrected chi connectivity index (χ4v) is 2.12. The Kier molecular flexibility index (Phi) is 2.54. The van der Waals surface area contributed by atoms with Gasteiger partial charge in [0.25, 0.3) is 0 Å². The standard InChI is InChI=1S/C13H15NO2/c1-3-11-10-7-5-4-6-9(10)8-13(2,14-11)12(15)16/h4-7H,3,8H2,1-2H3,(H,15,16). The average molecular weight is 217 g/mol. The molecule has 3 heteroatoms. The van der Waals surface area contributed by atoms with Gasteiger partial charge in [-0.2, -0.15) is 0 Å². The van der Waals surface area contributed by atoms with E-state index in [1.54, 1.807) is 6.92 Å². The van der Waals surface area contributed by atoms with Gasteiger partial charge in [-0.15, -0.1) is 0 Å². The molecular weight excluding hydrogens is 202 g/mol. The van der Waals surface area contributed by atoms with Crippen LogP contribution in [0.4, 0.5) is 0 Å². The number of hydrogen-bond acceptors (Lipinski definition) is 2. The maximum Gasteiger partial charge on any atom is 0.331 e. The number of aliphatic carboxylic acids is 1. The maximum absolute atomic E-state index is 11.2. The average Bonchev–Trinajstić information content (AvgIpc) is 2.27. The van der Waals surface area contributed by atoms with Crippen molar-refractivity contribution >= 4 is 11.7 Å². The third-order valence-corrected chi connectivity index (χ3v) is 3.04. The molecule has 1 aliphatic heterocycles. The van der Waals surface area contributed by atoms with Crippen molar-refractivity contribution in [3.05, 3.63) is 35.4 Å². The normalized spacial score (nSPS) is 23.5. The molecule has 1 unspecified atom stereocenters. The Morgan fingerprint density at radius 3 is 2.81 bits per heavy atom. The highest BCUT2D eigenvalue weighted by molar-refractivity contribution is 6.04. The van der Waals surface area contributed by atoms with Gasteiger partial charge in [-0.25, -0.2) is 4.79 Å². The van der Waals surface area contributed by atoms with Crippen LogP contribution < -0.4 is 0 Å². The van der Waals surface area contributed by atoms with Crippen molar-refractivity contribution in [2.75, 3.05) is 0 Å². The number of benzene rings is 1. The van der Waals surface area contributed by atoms with E-state index in [0.717, 1.165) is 23.3 Å². The van der Waals surface area contributed by atoms with Gasteiger partial charge in [0.2, 0.25) is 0 Å². The first-order valence-corrected chi connectivity index (χ1v) is 5.47. The van der Waals surface area contributed by atoms with Crippen molar-refractivity contribution in [1.29, 1.82) is 0 Å². The van der Waals surface area contributed by atoms with Crippen molar-refractivity contribution in [2.24, 2.45) is 4.99 Å². The second-order valence-corrected chi connectivity index (χ2v) is 4.32. The first-order chi connectivity index (χ1) is 7.57. The molecule has 0 bridgehead atoms. The summed E-state index contributed by atoms with van der Waals surface area (Å²) in [5.41, 5.74) is 2.08. The van der Waals surface area contributed by atoms with Crippen LogP contribution in [-0.4, -0.2) is 22.3 Å². The number of hydrogen-bond donors (Lipinski definition) is 1. The van der Waals surface area contributed by atoms with Crippen molar-refractivity contribution in [3.8, 4) is 0 Å². The van der Waals surface area contributed by atoms with Gasteiger partial charge in [-0.1, -0.05) is 31.2 Å². The minimum absolute atomic E-state index is 0.474. The lowest BCUT2D eigenvalue weighted by Gasteiger charge is -2.28. The van der Waals surface area contributed by atoms with Gasteiger partial charge in [0.15, 0.2) is 5.54 Å². The van der Waals surface area contributed by atoms with Gasteiger partial charge in [0.1, 0.15) is 0 Å². The van der Waals surface area contributed by atoms with E-state index in [-0.39, 0.29) is 0 Å². The molecule has 0 spiro atoms. The highest BCUT2D eigenvalue weighted by atomic mass is 16.4. The van der Waals surface area contributed by atoms with E-state index in [0.29, 0.717) is 6.42 Å². The third-order valence-electron chi connectivity index (χ3n) is 3.04. The molecule has 84 valence electrons. The number of aliphatic imine (C=N–C) groups is 1. The van der Waals surface area contributed by atoms with Crippen LogP contribution in [0.25, 0.3) is 0 Å². The smallest absolute Gasteiger partial charge is 0.331 e. The minimum Gasteiger partial charge on any atom is -0.479 e. The molecule has 1 aromatic carbocycles. The van der Waals surface area contributed by atoms with E-state index in [4.69, 9.17) is 0 Å². The molecule has 3 nitrogen and oxygen atoms in total. The predicted octanol–water partition coefficient (Wildman–Crippen LogP) is 2.29. The van der Waals surface area contributed by atoms with Crippen molar-refractivity contribution < 1.29 is 9.90 Å². The molecule has 1 atom stereocenters. The molecule has 0 amide bonds. The zero-order valence-electron chi connectivity index (χ0n) is 9.53. The zero-order valence-corrected chi connectivity index (χ0v) is 9.53. The first kappa shape index (κ1) is 10.9. The van der Waals surface area contributed by atoms with E-state index in [9.17, 15) is 9.90 Å². The second-order valence-electron chi connectivity index (χ2n) is 4.32. The summed E-state index contributed by atoms with van der Waals surface area (Å²) in [7, 11) is 0. The minimum atomic E-state index is -1.00. The molecule has 16 heavy (non-hydrogen) atoms. The largest absolute Gasteiger partial charge is 0.479 e.